The second-order valence-electron chi connectivity index (χ2n) is 11.9. The van der Waals surface area contributed by atoms with Crippen LogP contribution in [0.1, 0.15) is 120 Å². The van der Waals surface area contributed by atoms with Gasteiger partial charge in [0, 0.05) is 28.7 Å². The average molecular weight is 395 g/mol. The van der Waals surface area contributed by atoms with Gasteiger partial charge in [0.1, 0.15) is 0 Å². The van der Waals surface area contributed by atoms with E-state index in [4.69, 9.17) is 5.73 Å². The standard InChI is InChI=1S/C24H50N4/c1-21(2)15-13-16-22(3,4)27(21)26(20-12-10-9-11-19-25)28-23(5,6)17-14-18-24(28,7)8/h9-20,25H2,1-8H3. The Morgan fingerprint density at radius 2 is 0.964 bits per heavy atom. The quantitative estimate of drug-likeness (QED) is 0.534. The number of hydrogen-bond acceptors (Lipinski definition) is 4. The van der Waals surface area contributed by atoms with E-state index in [9.17, 15) is 0 Å². The lowest BCUT2D eigenvalue weighted by molar-refractivity contribution is -0.331. The third-order valence-electron chi connectivity index (χ3n) is 7.22. The predicted octanol–water partition coefficient (Wildman–Crippen LogP) is 5.72. The van der Waals surface area contributed by atoms with Gasteiger partial charge >= 0.3 is 0 Å². The molecule has 2 aliphatic heterocycles. The molecular formula is C24H50N4. The highest BCUT2D eigenvalue weighted by atomic mass is 15.9. The van der Waals surface area contributed by atoms with Gasteiger partial charge in [-0.1, -0.05) is 12.8 Å². The number of hydrogen-bond donors (Lipinski definition) is 1. The van der Waals surface area contributed by atoms with E-state index < -0.39 is 0 Å². The topological polar surface area (TPSA) is 35.7 Å². The average Bonchev–Trinajstić information content (AvgIpc) is 2.50. The van der Waals surface area contributed by atoms with Crippen molar-refractivity contribution >= 4 is 0 Å². The van der Waals surface area contributed by atoms with E-state index in [1.165, 1.54) is 57.8 Å². The molecule has 0 spiro atoms. The zero-order chi connectivity index (χ0) is 21.2. The molecule has 28 heavy (non-hydrogen) atoms. The normalized spacial score (nSPS) is 27.2. The summed E-state index contributed by atoms with van der Waals surface area (Å²) < 4.78 is 0. The van der Waals surface area contributed by atoms with Crippen LogP contribution in [-0.2, 0) is 0 Å². The minimum absolute atomic E-state index is 0.183. The van der Waals surface area contributed by atoms with Crippen LogP contribution in [0.3, 0.4) is 0 Å². The number of unbranched alkanes of at least 4 members (excludes halogenated alkanes) is 3. The lowest BCUT2D eigenvalue weighted by Crippen LogP contribution is -2.75. The van der Waals surface area contributed by atoms with Gasteiger partial charge in [-0.05, 0) is 113 Å². The smallest absolute Gasteiger partial charge is 0.0319 e. The van der Waals surface area contributed by atoms with Crippen LogP contribution >= 0.6 is 0 Å². The van der Waals surface area contributed by atoms with Gasteiger partial charge in [-0.2, -0.15) is 5.12 Å². The number of hydrazine groups is 2. The van der Waals surface area contributed by atoms with E-state index in [1.54, 1.807) is 0 Å². The summed E-state index contributed by atoms with van der Waals surface area (Å²) in [6.07, 6.45) is 12.7. The van der Waals surface area contributed by atoms with Crippen LogP contribution in [0.25, 0.3) is 0 Å². The fourth-order valence-electron chi connectivity index (χ4n) is 6.26. The molecule has 2 aliphatic rings. The van der Waals surface area contributed by atoms with Crippen molar-refractivity contribution in [1.82, 2.24) is 15.1 Å². The van der Waals surface area contributed by atoms with Gasteiger partial charge in [-0.15, -0.1) is 0 Å². The second-order valence-corrected chi connectivity index (χ2v) is 11.9. The van der Waals surface area contributed by atoms with Crippen LogP contribution in [-0.4, -0.2) is 50.4 Å². The lowest BCUT2D eigenvalue weighted by atomic mass is 9.80. The number of nitrogens with zero attached hydrogens (tertiary/aromatic N) is 3. The van der Waals surface area contributed by atoms with Crippen molar-refractivity contribution in [3.05, 3.63) is 0 Å². The molecule has 0 aromatic heterocycles. The molecule has 0 radical (unpaired) electrons. The third kappa shape index (κ3) is 5.30. The summed E-state index contributed by atoms with van der Waals surface area (Å²) >= 11 is 0. The summed E-state index contributed by atoms with van der Waals surface area (Å²) in [4.78, 5) is 0. The Bertz CT molecular complexity index is 425. The number of piperidine rings is 2. The molecule has 166 valence electrons. The molecule has 0 bridgehead atoms. The van der Waals surface area contributed by atoms with Crippen LogP contribution in [0.2, 0.25) is 0 Å². The molecule has 2 rings (SSSR count). The fraction of sp³-hybridized carbons (Fsp3) is 1.00. The Hall–Kier alpha value is -0.160. The molecule has 0 unspecified atom stereocenters. The van der Waals surface area contributed by atoms with Gasteiger partial charge < -0.3 is 5.73 Å². The maximum Gasteiger partial charge on any atom is 0.0319 e. The molecule has 0 saturated carbocycles. The van der Waals surface area contributed by atoms with Crippen molar-refractivity contribution in [1.29, 1.82) is 0 Å². The summed E-state index contributed by atoms with van der Waals surface area (Å²) in [5.41, 5.74) is 6.45. The zero-order valence-electron chi connectivity index (χ0n) is 20.4. The van der Waals surface area contributed by atoms with Gasteiger partial charge in [-0.25, -0.2) is 10.0 Å². The molecular weight excluding hydrogens is 344 g/mol. The first kappa shape index (κ1) is 24.1. The van der Waals surface area contributed by atoms with Gasteiger partial charge in [-0.3, -0.25) is 0 Å². The Labute approximate surface area is 176 Å². The summed E-state index contributed by atoms with van der Waals surface area (Å²) in [5, 5.41) is 8.28. The van der Waals surface area contributed by atoms with E-state index in [2.05, 4.69) is 70.5 Å². The van der Waals surface area contributed by atoms with Crippen molar-refractivity contribution in [2.24, 2.45) is 5.73 Å². The van der Waals surface area contributed by atoms with Crippen molar-refractivity contribution in [2.75, 3.05) is 13.1 Å². The first-order chi connectivity index (χ1) is 12.9. The Kier molecular flexibility index (Phi) is 7.68. The van der Waals surface area contributed by atoms with E-state index in [-0.39, 0.29) is 22.2 Å². The van der Waals surface area contributed by atoms with Crippen molar-refractivity contribution in [3.63, 3.8) is 0 Å². The zero-order valence-corrected chi connectivity index (χ0v) is 20.4. The molecule has 2 fully saturated rings. The lowest BCUT2D eigenvalue weighted by Gasteiger charge is -2.65. The maximum atomic E-state index is 5.72. The highest BCUT2D eigenvalue weighted by Crippen LogP contribution is 2.45. The molecule has 4 nitrogen and oxygen atoms in total. The number of nitrogens with two attached hydrogens (primary N) is 1. The van der Waals surface area contributed by atoms with Crippen LogP contribution < -0.4 is 5.73 Å². The van der Waals surface area contributed by atoms with E-state index in [1.807, 2.05) is 0 Å². The van der Waals surface area contributed by atoms with Gasteiger partial charge in [0.05, 0.1) is 0 Å². The van der Waals surface area contributed by atoms with E-state index in [0.717, 1.165) is 19.5 Å². The van der Waals surface area contributed by atoms with Crippen LogP contribution in [0, 0.1) is 0 Å². The molecule has 0 aromatic carbocycles. The Morgan fingerprint density at radius 1 is 0.607 bits per heavy atom. The first-order valence-electron chi connectivity index (χ1n) is 11.9. The maximum absolute atomic E-state index is 5.72. The monoisotopic (exact) mass is 394 g/mol. The molecule has 4 heteroatoms. The van der Waals surface area contributed by atoms with E-state index >= 15 is 0 Å². The Morgan fingerprint density at radius 3 is 1.32 bits per heavy atom. The SMILES string of the molecule is CC1(C)CCCC(C)(C)N1N(CCCCCCN)N1C(C)(C)CCCC1(C)C. The molecule has 0 atom stereocenters. The highest BCUT2D eigenvalue weighted by Gasteiger charge is 2.52. The van der Waals surface area contributed by atoms with Crippen molar-refractivity contribution < 1.29 is 0 Å². The van der Waals surface area contributed by atoms with Gasteiger partial charge in [0.15, 0.2) is 0 Å². The molecule has 0 aromatic rings. The summed E-state index contributed by atoms with van der Waals surface area (Å²) in [5.74, 6) is 0. The second kappa shape index (κ2) is 8.91. The largest absolute Gasteiger partial charge is 0.330 e. The molecule has 2 heterocycles. The van der Waals surface area contributed by atoms with Crippen LogP contribution in [0.15, 0.2) is 0 Å². The highest BCUT2D eigenvalue weighted by molar-refractivity contribution is 5.00. The number of rotatable bonds is 8. The summed E-state index contributed by atoms with van der Waals surface area (Å²) in [6, 6.07) is 0. The van der Waals surface area contributed by atoms with Gasteiger partial charge in [0.25, 0.3) is 0 Å². The van der Waals surface area contributed by atoms with Gasteiger partial charge in [0.2, 0.25) is 0 Å². The van der Waals surface area contributed by atoms with Crippen LogP contribution in [0.4, 0.5) is 0 Å². The molecule has 0 amide bonds. The van der Waals surface area contributed by atoms with Crippen LogP contribution in [0.5, 0.6) is 0 Å². The minimum atomic E-state index is 0.183. The summed E-state index contributed by atoms with van der Waals surface area (Å²) in [6.45, 7) is 21.6. The Balaban J connectivity index is 2.38. The molecule has 2 N–H and O–H groups in total. The van der Waals surface area contributed by atoms with E-state index in [0.29, 0.717) is 0 Å². The first-order valence-corrected chi connectivity index (χ1v) is 11.9. The summed E-state index contributed by atoms with van der Waals surface area (Å²) in [7, 11) is 0. The molecule has 0 aliphatic carbocycles. The third-order valence-corrected chi connectivity index (χ3v) is 7.22. The fourth-order valence-corrected chi connectivity index (χ4v) is 6.26. The predicted molar refractivity (Wildman–Crippen MR) is 122 cm³/mol. The van der Waals surface area contributed by atoms with Crippen molar-refractivity contribution in [3.8, 4) is 0 Å². The minimum Gasteiger partial charge on any atom is -0.330 e. The van der Waals surface area contributed by atoms with Crippen molar-refractivity contribution in [2.45, 2.75) is 142 Å². The molecule has 2 saturated heterocycles.